The second-order valence-electron chi connectivity index (χ2n) is 3.29. The van der Waals surface area contributed by atoms with E-state index in [1.54, 1.807) is 0 Å². The SMILES string of the molecule is C=C(C)C[C@@H](N)c1ccccc1I.Cl. The molecule has 0 unspecified atom stereocenters. The highest BCUT2D eigenvalue weighted by Gasteiger charge is 2.08. The maximum Gasteiger partial charge on any atom is 0.0342 e. The summed E-state index contributed by atoms with van der Waals surface area (Å²) >= 11 is 2.31. The molecule has 14 heavy (non-hydrogen) atoms. The zero-order valence-electron chi connectivity index (χ0n) is 8.16. The zero-order chi connectivity index (χ0) is 9.84. The molecule has 1 rings (SSSR count). The third-order valence-corrected chi connectivity index (χ3v) is 2.86. The van der Waals surface area contributed by atoms with E-state index in [1.165, 1.54) is 9.13 Å². The van der Waals surface area contributed by atoms with E-state index in [9.17, 15) is 0 Å². The minimum Gasteiger partial charge on any atom is -0.324 e. The largest absolute Gasteiger partial charge is 0.324 e. The Bertz CT molecular complexity index is 312. The highest BCUT2D eigenvalue weighted by Crippen LogP contribution is 2.22. The van der Waals surface area contributed by atoms with Crippen LogP contribution < -0.4 is 5.73 Å². The van der Waals surface area contributed by atoms with Gasteiger partial charge in [0.05, 0.1) is 0 Å². The van der Waals surface area contributed by atoms with Crippen molar-refractivity contribution in [2.45, 2.75) is 19.4 Å². The monoisotopic (exact) mass is 323 g/mol. The molecule has 0 fully saturated rings. The van der Waals surface area contributed by atoms with E-state index in [0.29, 0.717) is 0 Å². The average Bonchev–Trinajstić information content (AvgIpc) is 2.03. The van der Waals surface area contributed by atoms with Gasteiger partial charge in [-0.1, -0.05) is 23.8 Å². The molecule has 1 aromatic rings. The Morgan fingerprint density at radius 3 is 2.57 bits per heavy atom. The topological polar surface area (TPSA) is 26.0 Å². The summed E-state index contributed by atoms with van der Waals surface area (Å²) in [6, 6.07) is 8.29. The molecule has 3 heteroatoms. The molecule has 0 saturated carbocycles. The van der Waals surface area contributed by atoms with Crippen LogP contribution in [0.3, 0.4) is 0 Å². The standard InChI is InChI=1S/C11H14IN.ClH/c1-8(2)7-11(13)9-5-3-4-6-10(9)12;/h3-6,11H,1,7,13H2,2H3;1H/t11-;/m1./s1. The molecule has 0 amide bonds. The molecule has 0 heterocycles. The fourth-order valence-corrected chi connectivity index (χ4v) is 2.05. The smallest absolute Gasteiger partial charge is 0.0342 e. The minimum atomic E-state index is 0. The van der Waals surface area contributed by atoms with Crippen LogP contribution in [0.4, 0.5) is 0 Å². The van der Waals surface area contributed by atoms with Crippen molar-refractivity contribution in [3.63, 3.8) is 0 Å². The molecular formula is C11H15ClIN. The number of nitrogens with two attached hydrogens (primary N) is 1. The van der Waals surface area contributed by atoms with Crippen LogP contribution in [-0.2, 0) is 0 Å². The van der Waals surface area contributed by atoms with Crippen LogP contribution in [0, 0.1) is 3.57 Å². The van der Waals surface area contributed by atoms with Crippen molar-refractivity contribution in [1.82, 2.24) is 0 Å². The van der Waals surface area contributed by atoms with Crippen molar-refractivity contribution < 1.29 is 0 Å². The van der Waals surface area contributed by atoms with Crippen LogP contribution in [0.1, 0.15) is 24.9 Å². The molecule has 0 aromatic heterocycles. The van der Waals surface area contributed by atoms with Crippen LogP contribution in [-0.4, -0.2) is 0 Å². The van der Waals surface area contributed by atoms with Crippen LogP contribution >= 0.6 is 35.0 Å². The van der Waals surface area contributed by atoms with Gasteiger partial charge in [0.1, 0.15) is 0 Å². The van der Waals surface area contributed by atoms with E-state index < -0.39 is 0 Å². The quantitative estimate of drug-likeness (QED) is 0.666. The van der Waals surface area contributed by atoms with Gasteiger partial charge in [-0.15, -0.1) is 19.0 Å². The lowest BCUT2D eigenvalue weighted by Gasteiger charge is -2.13. The van der Waals surface area contributed by atoms with Gasteiger partial charge in [0.25, 0.3) is 0 Å². The van der Waals surface area contributed by atoms with Gasteiger partial charge in [0.15, 0.2) is 0 Å². The summed E-state index contributed by atoms with van der Waals surface area (Å²) in [6.45, 7) is 5.88. The van der Waals surface area contributed by atoms with Gasteiger partial charge in [0, 0.05) is 9.61 Å². The van der Waals surface area contributed by atoms with Crippen molar-refractivity contribution in [3.8, 4) is 0 Å². The first kappa shape index (κ1) is 13.9. The Morgan fingerprint density at radius 1 is 1.50 bits per heavy atom. The molecule has 1 nitrogen and oxygen atoms in total. The third kappa shape index (κ3) is 3.98. The number of hydrogen-bond donors (Lipinski definition) is 1. The highest BCUT2D eigenvalue weighted by atomic mass is 127. The molecule has 0 aliphatic carbocycles. The third-order valence-electron chi connectivity index (χ3n) is 1.87. The molecule has 0 aliphatic rings. The van der Waals surface area contributed by atoms with Crippen molar-refractivity contribution in [3.05, 3.63) is 45.6 Å². The van der Waals surface area contributed by atoms with Crippen LogP contribution in [0.15, 0.2) is 36.4 Å². The molecule has 1 aromatic carbocycles. The first-order chi connectivity index (χ1) is 6.11. The first-order valence-corrected chi connectivity index (χ1v) is 5.33. The first-order valence-electron chi connectivity index (χ1n) is 4.25. The van der Waals surface area contributed by atoms with Crippen LogP contribution in [0.25, 0.3) is 0 Å². The Labute approximate surface area is 105 Å². The van der Waals surface area contributed by atoms with E-state index >= 15 is 0 Å². The van der Waals surface area contributed by atoms with E-state index in [-0.39, 0.29) is 18.4 Å². The minimum absolute atomic E-state index is 0. The summed E-state index contributed by atoms with van der Waals surface area (Å²) in [5.74, 6) is 0. The molecule has 0 aliphatic heterocycles. The molecule has 0 radical (unpaired) electrons. The van der Waals surface area contributed by atoms with Crippen molar-refractivity contribution in [2.75, 3.05) is 0 Å². The Hall–Kier alpha value is -0.0600. The fraction of sp³-hybridized carbons (Fsp3) is 0.273. The highest BCUT2D eigenvalue weighted by molar-refractivity contribution is 14.1. The summed E-state index contributed by atoms with van der Waals surface area (Å²) in [5.41, 5.74) is 8.38. The van der Waals surface area contributed by atoms with Crippen LogP contribution in [0.5, 0.6) is 0 Å². The fourth-order valence-electron chi connectivity index (χ4n) is 1.26. The van der Waals surface area contributed by atoms with Crippen molar-refractivity contribution >= 4 is 35.0 Å². The summed E-state index contributed by atoms with van der Waals surface area (Å²) in [5, 5.41) is 0. The predicted octanol–water partition coefficient (Wildman–Crippen LogP) is 3.68. The van der Waals surface area contributed by atoms with E-state index in [1.807, 2.05) is 19.1 Å². The van der Waals surface area contributed by atoms with E-state index in [2.05, 4.69) is 41.3 Å². The molecule has 0 bridgehead atoms. The number of halogens is 2. The van der Waals surface area contributed by atoms with Gasteiger partial charge in [-0.05, 0) is 47.6 Å². The summed E-state index contributed by atoms with van der Waals surface area (Å²) in [7, 11) is 0. The van der Waals surface area contributed by atoms with Gasteiger partial charge >= 0.3 is 0 Å². The lowest BCUT2D eigenvalue weighted by Crippen LogP contribution is -2.11. The summed E-state index contributed by atoms with van der Waals surface area (Å²) < 4.78 is 1.23. The Kier molecular flexibility index (Phi) is 6.40. The summed E-state index contributed by atoms with van der Waals surface area (Å²) in [4.78, 5) is 0. The average molecular weight is 324 g/mol. The van der Waals surface area contributed by atoms with Gasteiger partial charge in [-0.3, -0.25) is 0 Å². The van der Waals surface area contributed by atoms with Crippen molar-refractivity contribution in [1.29, 1.82) is 0 Å². The maximum atomic E-state index is 6.03. The molecule has 2 N–H and O–H groups in total. The molecular weight excluding hydrogens is 308 g/mol. The second kappa shape index (κ2) is 6.43. The number of benzene rings is 1. The van der Waals surface area contributed by atoms with Gasteiger partial charge in [0.2, 0.25) is 0 Å². The lowest BCUT2D eigenvalue weighted by molar-refractivity contribution is 0.713. The second-order valence-corrected chi connectivity index (χ2v) is 4.45. The molecule has 1 atom stereocenters. The van der Waals surface area contributed by atoms with Crippen LogP contribution in [0.2, 0.25) is 0 Å². The number of rotatable bonds is 3. The maximum absolute atomic E-state index is 6.03. The lowest BCUT2D eigenvalue weighted by atomic mass is 10.0. The summed E-state index contributed by atoms with van der Waals surface area (Å²) in [6.07, 6.45) is 0.861. The van der Waals surface area contributed by atoms with E-state index in [4.69, 9.17) is 5.73 Å². The van der Waals surface area contributed by atoms with Gasteiger partial charge < -0.3 is 5.73 Å². The van der Waals surface area contributed by atoms with E-state index in [0.717, 1.165) is 12.0 Å². The Morgan fingerprint density at radius 2 is 2.07 bits per heavy atom. The van der Waals surface area contributed by atoms with Gasteiger partial charge in [-0.25, -0.2) is 0 Å². The predicted molar refractivity (Wildman–Crippen MR) is 72.8 cm³/mol. The number of hydrogen-bond acceptors (Lipinski definition) is 1. The van der Waals surface area contributed by atoms with Crippen molar-refractivity contribution in [2.24, 2.45) is 5.73 Å². The zero-order valence-corrected chi connectivity index (χ0v) is 11.1. The molecule has 0 spiro atoms. The molecule has 0 saturated heterocycles. The normalized spacial score (nSPS) is 11.6. The Balaban J connectivity index is 0.00000169. The van der Waals surface area contributed by atoms with Gasteiger partial charge in [-0.2, -0.15) is 0 Å². The molecule has 78 valence electrons.